The molecule has 3 aliphatic rings. The van der Waals surface area contributed by atoms with E-state index in [1.54, 1.807) is 0 Å². The van der Waals surface area contributed by atoms with E-state index in [4.69, 9.17) is 4.74 Å². The summed E-state index contributed by atoms with van der Waals surface area (Å²) in [5.74, 6) is 1.26. The van der Waals surface area contributed by atoms with E-state index in [1.807, 2.05) is 4.90 Å². The van der Waals surface area contributed by atoms with Gasteiger partial charge in [-0.2, -0.15) is 0 Å². The van der Waals surface area contributed by atoms with Crippen molar-refractivity contribution in [3.8, 4) is 0 Å². The molecule has 0 bridgehead atoms. The van der Waals surface area contributed by atoms with Gasteiger partial charge < -0.3 is 20.3 Å². The lowest BCUT2D eigenvalue weighted by Crippen LogP contribution is -2.47. The second-order valence-corrected chi connectivity index (χ2v) is 7.20. The molecule has 2 amide bonds. The molecule has 6 heteroatoms. The van der Waals surface area contributed by atoms with Crippen molar-refractivity contribution in [2.75, 3.05) is 39.4 Å². The third-order valence-corrected chi connectivity index (χ3v) is 5.09. The normalized spacial score (nSPS) is 27.9. The van der Waals surface area contributed by atoms with Crippen molar-refractivity contribution in [1.29, 1.82) is 0 Å². The van der Waals surface area contributed by atoms with Gasteiger partial charge in [-0.15, -0.1) is 0 Å². The summed E-state index contributed by atoms with van der Waals surface area (Å²) < 4.78 is 5.50. The van der Waals surface area contributed by atoms with Crippen LogP contribution in [0.5, 0.6) is 0 Å². The fraction of sp³-hybridized carbons (Fsp3) is 0.882. The Balaban J connectivity index is 1.35. The number of nitrogens with zero attached hydrogens (tertiary/aromatic N) is 1. The Labute approximate surface area is 138 Å². The van der Waals surface area contributed by atoms with Gasteiger partial charge in [0.15, 0.2) is 0 Å². The van der Waals surface area contributed by atoms with Gasteiger partial charge in [-0.1, -0.05) is 0 Å². The molecule has 1 aliphatic carbocycles. The molecular formula is C17H29N3O3. The van der Waals surface area contributed by atoms with Crippen molar-refractivity contribution in [3.63, 3.8) is 0 Å². The van der Waals surface area contributed by atoms with Crippen LogP contribution in [0.2, 0.25) is 0 Å². The van der Waals surface area contributed by atoms with Gasteiger partial charge >= 0.3 is 0 Å². The maximum absolute atomic E-state index is 12.2. The quantitative estimate of drug-likeness (QED) is 0.717. The molecule has 0 aromatic rings. The molecule has 23 heavy (non-hydrogen) atoms. The van der Waals surface area contributed by atoms with Crippen molar-refractivity contribution in [1.82, 2.24) is 15.5 Å². The highest BCUT2D eigenvalue weighted by Crippen LogP contribution is 2.28. The molecule has 3 rings (SSSR count). The first-order valence-electron chi connectivity index (χ1n) is 9.09. The lowest BCUT2D eigenvalue weighted by Gasteiger charge is -2.33. The van der Waals surface area contributed by atoms with E-state index >= 15 is 0 Å². The van der Waals surface area contributed by atoms with Crippen LogP contribution in [0.4, 0.5) is 0 Å². The fourth-order valence-corrected chi connectivity index (χ4v) is 3.42. The maximum Gasteiger partial charge on any atom is 0.248 e. The van der Waals surface area contributed by atoms with Gasteiger partial charge in [0.1, 0.15) is 6.61 Å². The maximum atomic E-state index is 12.2. The van der Waals surface area contributed by atoms with E-state index in [1.165, 1.54) is 12.8 Å². The van der Waals surface area contributed by atoms with Crippen molar-refractivity contribution in [2.45, 2.75) is 44.6 Å². The predicted octanol–water partition coefficient (Wildman–Crippen LogP) is 0.520. The van der Waals surface area contributed by atoms with Gasteiger partial charge in [0.25, 0.3) is 0 Å². The van der Waals surface area contributed by atoms with Crippen molar-refractivity contribution < 1.29 is 14.3 Å². The van der Waals surface area contributed by atoms with Gasteiger partial charge in [0, 0.05) is 19.6 Å². The smallest absolute Gasteiger partial charge is 0.248 e. The summed E-state index contributed by atoms with van der Waals surface area (Å²) in [6.45, 7) is 4.10. The number of carbonyl (C=O) groups excluding carboxylic acids is 2. The average molecular weight is 323 g/mol. The molecule has 2 saturated heterocycles. The SMILES string of the molecule is O=C(NCC1CCCN(C(=O)COCC2CC2)C1)C1CCCN1. The van der Waals surface area contributed by atoms with Crippen LogP contribution in [0.3, 0.4) is 0 Å². The summed E-state index contributed by atoms with van der Waals surface area (Å²) in [7, 11) is 0. The van der Waals surface area contributed by atoms with Crippen LogP contribution in [-0.2, 0) is 14.3 Å². The number of carbonyl (C=O) groups is 2. The minimum absolute atomic E-state index is 0.0212. The topological polar surface area (TPSA) is 70.7 Å². The van der Waals surface area contributed by atoms with Crippen molar-refractivity contribution >= 4 is 11.8 Å². The first-order chi connectivity index (χ1) is 11.2. The van der Waals surface area contributed by atoms with Crippen molar-refractivity contribution in [2.24, 2.45) is 11.8 Å². The molecule has 0 aromatic carbocycles. The Hall–Kier alpha value is -1.14. The van der Waals surface area contributed by atoms with Gasteiger partial charge in [0.2, 0.25) is 11.8 Å². The molecule has 3 fully saturated rings. The molecule has 0 spiro atoms. The summed E-state index contributed by atoms with van der Waals surface area (Å²) in [6, 6.07) is -0.0212. The van der Waals surface area contributed by atoms with Gasteiger partial charge in [-0.25, -0.2) is 0 Å². The summed E-state index contributed by atoms with van der Waals surface area (Å²) >= 11 is 0. The molecular weight excluding hydrogens is 294 g/mol. The lowest BCUT2D eigenvalue weighted by molar-refractivity contribution is -0.138. The average Bonchev–Trinajstić information content (AvgIpc) is 3.23. The summed E-state index contributed by atoms with van der Waals surface area (Å²) in [6.07, 6.45) is 6.58. The summed E-state index contributed by atoms with van der Waals surface area (Å²) in [4.78, 5) is 26.1. The van der Waals surface area contributed by atoms with E-state index in [2.05, 4.69) is 10.6 Å². The zero-order valence-corrected chi connectivity index (χ0v) is 13.9. The molecule has 2 heterocycles. The van der Waals surface area contributed by atoms with E-state index in [0.29, 0.717) is 18.4 Å². The van der Waals surface area contributed by atoms with Gasteiger partial charge in [-0.3, -0.25) is 9.59 Å². The van der Waals surface area contributed by atoms with E-state index in [9.17, 15) is 9.59 Å². The Morgan fingerprint density at radius 3 is 2.74 bits per heavy atom. The number of piperidine rings is 1. The van der Waals surface area contributed by atoms with E-state index < -0.39 is 0 Å². The third-order valence-electron chi connectivity index (χ3n) is 5.09. The minimum atomic E-state index is -0.0212. The number of hydrogen-bond acceptors (Lipinski definition) is 4. The molecule has 2 unspecified atom stereocenters. The van der Waals surface area contributed by atoms with Crippen LogP contribution < -0.4 is 10.6 Å². The number of ether oxygens (including phenoxy) is 1. The second kappa shape index (κ2) is 8.11. The molecule has 0 radical (unpaired) electrons. The highest BCUT2D eigenvalue weighted by atomic mass is 16.5. The number of nitrogens with one attached hydrogen (secondary N) is 2. The summed E-state index contributed by atoms with van der Waals surface area (Å²) in [5, 5.41) is 6.26. The molecule has 2 atom stereocenters. The highest BCUT2D eigenvalue weighted by molar-refractivity contribution is 5.82. The number of hydrogen-bond donors (Lipinski definition) is 2. The standard InChI is InChI=1S/C17H29N3O3/c21-16(12-23-11-13-5-6-13)20-8-2-3-14(10-20)9-19-17(22)15-4-1-7-18-15/h13-15,18H,1-12H2,(H,19,22). The van der Waals surface area contributed by atoms with Crippen molar-refractivity contribution in [3.05, 3.63) is 0 Å². The molecule has 0 aromatic heterocycles. The van der Waals surface area contributed by atoms with Crippen LogP contribution in [0.15, 0.2) is 0 Å². The third kappa shape index (κ3) is 5.18. The van der Waals surface area contributed by atoms with Crippen LogP contribution >= 0.6 is 0 Å². The van der Waals surface area contributed by atoms with Crippen LogP contribution in [0.1, 0.15) is 38.5 Å². The summed E-state index contributed by atoms with van der Waals surface area (Å²) in [5.41, 5.74) is 0. The monoisotopic (exact) mass is 323 g/mol. The number of amides is 2. The Bertz CT molecular complexity index is 419. The molecule has 6 nitrogen and oxygen atoms in total. The van der Waals surface area contributed by atoms with Crippen LogP contribution in [0.25, 0.3) is 0 Å². The Kier molecular flexibility index (Phi) is 5.89. The minimum Gasteiger partial charge on any atom is -0.371 e. The molecule has 2 aliphatic heterocycles. The largest absolute Gasteiger partial charge is 0.371 e. The van der Waals surface area contributed by atoms with E-state index in [0.717, 1.165) is 51.9 Å². The highest BCUT2D eigenvalue weighted by Gasteiger charge is 2.27. The number of rotatable bonds is 7. The number of likely N-dealkylation sites (tertiary alicyclic amines) is 1. The fourth-order valence-electron chi connectivity index (χ4n) is 3.42. The first-order valence-corrected chi connectivity index (χ1v) is 9.09. The van der Waals surface area contributed by atoms with Gasteiger partial charge in [-0.05, 0) is 56.9 Å². The second-order valence-electron chi connectivity index (χ2n) is 7.20. The Morgan fingerprint density at radius 2 is 2.00 bits per heavy atom. The van der Waals surface area contributed by atoms with E-state index in [-0.39, 0.29) is 24.5 Å². The molecule has 130 valence electrons. The van der Waals surface area contributed by atoms with Crippen LogP contribution in [0, 0.1) is 11.8 Å². The molecule has 2 N–H and O–H groups in total. The van der Waals surface area contributed by atoms with Crippen LogP contribution in [-0.4, -0.2) is 62.1 Å². The predicted molar refractivity (Wildman–Crippen MR) is 86.9 cm³/mol. The zero-order chi connectivity index (χ0) is 16.1. The zero-order valence-electron chi connectivity index (χ0n) is 13.9. The first kappa shape index (κ1) is 16.7. The Morgan fingerprint density at radius 1 is 1.13 bits per heavy atom. The van der Waals surface area contributed by atoms with Gasteiger partial charge in [0.05, 0.1) is 12.6 Å². The lowest BCUT2D eigenvalue weighted by atomic mass is 9.97. The molecule has 1 saturated carbocycles.